The van der Waals surface area contributed by atoms with Gasteiger partial charge < -0.3 is 15.2 Å². The van der Waals surface area contributed by atoms with Crippen LogP contribution in [0.2, 0.25) is 0 Å². The Kier molecular flexibility index (Phi) is 7.61. The minimum absolute atomic E-state index is 0.241. The van der Waals surface area contributed by atoms with E-state index in [4.69, 9.17) is 4.74 Å². The van der Waals surface area contributed by atoms with Gasteiger partial charge in [0, 0.05) is 17.8 Å². The number of benzene rings is 1. The third-order valence-corrected chi connectivity index (χ3v) is 6.04. The zero-order chi connectivity index (χ0) is 25.7. The molecule has 0 bridgehead atoms. The first kappa shape index (κ1) is 25.3. The molecule has 2 aromatic heterocycles. The molecule has 36 heavy (non-hydrogen) atoms. The van der Waals surface area contributed by atoms with Gasteiger partial charge in [0.2, 0.25) is 0 Å². The van der Waals surface area contributed by atoms with Crippen LogP contribution in [0.1, 0.15) is 43.9 Å². The van der Waals surface area contributed by atoms with E-state index in [0.717, 1.165) is 37.2 Å². The van der Waals surface area contributed by atoms with Crippen molar-refractivity contribution in [2.45, 2.75) is 45.1 Å². The molecule has 1 aliphatic rings. The summed E-state index contributed by atoms with van der Waals surface area (Å²) in [4.78, 5) is 32.6. The number of urea groups is 1. The average Bonchev–Trinajstić information content (AvgIpc) is 2.86. The monoisotopic (exact) mass is 489 g/mol. The highest BCUT2D eigenvalue weighted by Gasteiger charge is 2.25. The van der Waals surface area contributed by atoms with Crippen LogP contribution in [0.25, 0.3) is 11.3 Å². The summed E-state index contributed by atoms with van der Waals surface area (Å²) in [6, 6.07) is 14.7. The smallest absolute Gasteiger partial charge is 0.327 e. The molecule has 9 nitrogen and oxygen atoms in total. The fourth-order valence-corrected chi connectivity index (χ4v) is 3.97. The van der Waals surface area contributed by atoms with Crippen LogP contribution in [0.4, 0.5) is 10.6 Å². The van der Waals surface area contributed by atoms with Gasteiger partial charge in [0.05, 0.1) is 11.4 Å². The summed E-state index contributed by atoms with van der Waals surface area (Å²) in [5.74, 6) is 1.16. The van der Waals surface area contributed by atoms with E-state index in [1.807, 2.05) is 6.07 Å². The molecule has 188 valence electrons. The van der Waals surface area contributed by atoms with Gasteiger partial charge in [-0.15, -0.1) is 0 Å². The number of aliphatic hydroxyl groups is 1. The summed E-state index contributed by atoms with van der Waals surface area (Å²) in [6.45, 7) is 6.46. The lowest BCUT2D eigenvalue weighted by atomic mass is 9.89. The number of anilines is 1. The highest BCUT2D eigenvalue weighted by atomic mass is 16.5. The molecule has 0 aliphatic carbocycles. The Bertz CT molecular complexity index is 1230. The summed E-state index contributed by atoms with van der Waals surface area (Å²) in [6.07, 6.45) is 4.02. The van der Waals surface area contributed by atoms with Gasteiger partial charge in [-0.25, -0.2) is 9.78 Å². The average molecular weight is 490 g/mol. The molecule has 1 fully saturated rings. The zero-order valence-electron chi connectivity index (χ0n) is 20.7. The molecule has 0 spiro atoms. The van der Waals surface area contributed by atoms with E-state index in [0.29, 0.717) is 23.1 Å². The van der Waals surface area contributed by atoms with Gasteiger partial charge in [0.1, 0.15) is 22.9 Å². The molecule has 0 atom stereocenters. The van der Waals surface area contributed by atoms with Gasteiger partial charge >= 0.3 is 6.03 Å². The first-order chi connectivity index (χ1) is 17.2. The molecular formula is C27H31N5O4. The van der Waals surface area contributed by atoms with Crippen molar-refractivity contribution in [3.63, 3.8) is 0 Å². The Labute approximate surface area is 210 Å². The first-order valence-electron chi connectivity index (χ1n) is 12.0. The third kappa shape index (κ3) is 6.44. The van der Waals surface area contributed by atoms with Gasteiger partial charge in [0.15, 0.2) is 0 Å². The minimum atomic E-state index is -1.67. The number of hydrogen-bond donors (Lipinski definition) is 4. The summed E-state index contributed by atoms with van der Waals surface area (Å²) in [5, 5.41) is 17.6. The van der Waals surface area contributed by atoms with Crippen LogP contribution in [0.5, 0.6) is 11.5 Å². The number of rotatable bonds is 6. The maximum absolute atomic E-state index is 12.0. The molecule has 0 saturated carbocycles. The van der Waals surface area contributed by atoms with E-state index >= 15 is 0 Å². The fourth-order valence-electron chi connectivity index (χ4n) is 3.97. The van der Waals surface area contributed by atoms with E-state index in [1.54, 1.807) is 31.3 Å². The molecule has 3 amide bonds. The maximum Gasteiger partial charge on any atom is 0.327 e. The Morgan fingerprint density at radius 2 is 1.81 bits per heavy atom. The van der Waals surface area contributed by atoms with Crippen molar-refractivity contribution >= 4 is 17.8 Å². The molecule has 3 heterocycles. The quantitative estimate of drug-likeness (QED) is 0.410. The highest BCUT2D eigenvalue weighted by molar-refractivity contribution is 6.03. The molecule has 9 heteroatoms. The number of carbonyl (C=O) groups is 2. The van der Waals surface area contributed by atoms with Gasteiger partial charge in [-0.2, -0.15) is 0 Å². The Morgan fingerprint density at radius 1 is 1.08 bits per heavy atom. The number of ether oxygens (including phenoxy) is 1. The molecule has 4 rings (SSSR count). The summed E-state index contributed by atoms with van der Waals surface area (Å²) < 4.78 is 6.03. The van der Waals surface area contributed by atoms with Gasteiger partial charge in [-0.3, -0.25) is 20.4 Å². The molecule has 4 N–H and O–H groups in total. The number of nitrogens with one attached hydrogen (secondary N) is 3. The van der Waals surface area contributed by atoms with E-state index < -0.39 is 17.5 Å². The lowest BCUT2D eigenvalue weighted by Crippen LogP contribution is -2.46. The summed E-state index contributed by atoms with van der Waals surface area (Å²) >= 11 is 0. The second-order valence-corrected chi connectivity index (χ2v) is 9.37. The number of pyridine rings is 2. The zero-order valence-corrected chi connectivity index (χ0v) is 20.7. The van der Waals surface area contributed by atoms with Crippen LogP contribution in [0.15, 0.2) is 54.7 Å². The maximum atomic E-state index is 12.0. The number of imide groups is 1. The summed E-state index contributed by atoms with van der Waals surface area (Å²) in [7, 11) is 0. The van der Waals surface area contributed by atoms with Crippen molar-refractivity contribution in [1.82, 2.24) is 20.6 Å². The molecule has 1 aliphatic heterocycles. The number of aryl methyl sites for hydroxylation is 1. The van der Waals surface area contributed by atoms with Crippen LogP contribution in [-0.2, 0) is 4.79 Å². The molecular weight excluding hydrogens is 458 g/mol. The fraction of sp³-hybridized carbons (Fsp3) is 0.333. The summed E-state index contributed by atoms with van der Waals surface area (Å²) in [5.41, 5.74) is 2.06. The minimum Gasteiger partial charge on any atom is -0.455 e. The molecule has 3 aromatic rings. The van der Waals surface area contributed by atoms with Crippen LogP contribution in [-0.4, -0.2) is 45.7 Å². The van der Waals surface area contributed by atoms with Crippen molar-refractivity contribution in [3.05, 3.63) is 66.0 Å². The molecule has 1 aromatic carbocycles. The van der Waals surface area contributed by atoms with Crippen LogP contribution >= 0.6 is 0 Å². The van der Waals surface area contributed by atoms with E-state index in [9.17, 15) is 14.7 Å². The van der Waals surface area contributed by atoms with Crippen molar-refractivity contribution < 1.29 is 19.4 Å². The number of piperidine rings is 1. The Morgan fingerprint density at radius 3 is 2.47 bits per heavy atom. The highest BCUT2D eigenvalue weighted by Crippen LogP contribution is 2.30. The predicted molar refractivity (Wildman–Crippen MR) is 137 cm³/mol. The van der Waals surface area contributed by atoms with Gasteiger partial charge in [-0.1, -0.05) is 24.3 Å². The standard InChI is InChI=1S/C27H31N5O4/c1-17-23(8-9-24(30-17)31-26(34)32-25(33)27(2,3)35)36-21-12-15-29-22(16-21)20-6-4-18(5-7-20)19-10-13-28-14-11-19/h4-9,12,15-16,19,28,35H,10-11,13-14H2,1-3H3,(H2,30,31,32,33,34). The van der Waals surface area contributed by atoms with Crippen LogP contribution < -0.4 is 20.7 Å². The number of hydrogen-bond acceptors (Lipinski definition) is 7. The van der Waals surface area contributed by atoms with Crippen molar-refractivity contribution in [3.8, 4) is 22.8 Å². The van der Waals surface area contributed by atoms with Gasteiger partial charge in [-0.05, 0) is 76.4 Å². The lowest BCUT2D eigenvalue weighted by molar-refractivity contribution is -0.135. The first-order valence-corrected chi connectivity index (χ1v) is 12.0. The van der Waals surface area contributed by atoms with Crippen LogP contribution in [0.3, 0.4) is 0 Å². The van der Waals surface area contributed by atoms with Crippen molar-refractivity contribution in [1.29, 1.82) is 0 Å². The lowest BCUT2D eigenvalue weighted by Gasteiger charge is -2.23. The molecule has 0 unspecified atom stereocenters. The topological polar surface area (TPSA) is 125 Å². The molecule has 0 radical (unpaired) electrons. The second-order valence-electron chi connectivity index (χ2n) is 9.37. The van der Waals surface area contributed by atoms with Gasteiger partial charge in [0.25, 0.3) is 5.91 Å². The number of aromatic nitrogens is 2. The number of carbonyl (C=O) groups excluding carboxylic acids is 2. The SMILES string of the molecule is Cc1nc(NC(=O)NC(=O)C(C)(C)O)ccc1Oc1ccnc(-c2ccc(C3CCNCC3)cc2)c1. The molecule has 1 saturated heterocycles. The van der Waals surface area contributed by atoms with E-state index in [-0.39, 0.29) is 5.82 Å². The van der Waals surface area contributed by atoms with E-state index in [1.165, 1.54) is 19.4 Å². The second kappa shape index (κ2) is 10.8. The number of nitrogens with zero attached hydrogens (tertiary/aromatic N) is 2. The largest absolute Gasteiger partial charge is 0.455 e. The van der Waals surface area contributed by atoms with Crippen LogP contribution in [0, 0.1) is 6.92 Å². The van der Waals surface area contributed by atoms with E-state index in [2.05, 4.69) is 50.2 Å². The Balaban J connectivity index is 1.41. The van der Waals surface area contributed by atoms with Crippen molar-refractivity contribution in [2.24, 2.45) is 0 Å². The number of amides is 3. The normalized spacial score (nSPS) is 14.2. The Hall–Kier alpha value is -3.82. The predicted octanol–water partition coefficient (Wildman–Crippen LogP) is 4.13. The van der Waals surface area contributed by atoms with Crippen molar-refractivity contribution in [2.75, 3.05) is 18.4 Å². The third-order valence-electron chi connectivity index (χ3n) is 6.04.